The molecule has 1 aromatic rings. The molecule has 0 bridgehead atoms. The summed E-state index contributed by atoms with van der Waals surface area (Å²) in [6, 6.07) is -0.393. The van der Waals surface area contributed by atoms with E-state index in [1.807, 2.05) is 11.8 Å². The maximum Gasteiger partial charge on any atom is 0.248 e. The molecule has 2 saturated heterocycles. The molecule has 3 aliphatic rings. The Morgan fingerprint density at radius 1 is 1.33 bits per heavy atom. The molecule has 166 valence electrons. The number of aryl methyl sites for hydroxylation is 1. The second-order valence-corrected chi connectivity index (χ2v) is 11.9. The third-order valence-electron chi connectivity index (χ3n) is 6.09. The molecule has 0 aromatic carbocycles. The molecule has 1 aliphatic carbocycles. The number of rotatable bonds is 7. The molecule has 1 atom stereocenters. The summed E-state index contributed by atoms with van der Waals surface area (Å²) in [7, 11) is -3.24. The largest absolute Gasteiger partial charge is 0.381 e. The molecule has 0 radical (unpaired) electrons. The number of piperazine rings is 1. The Morgan fingerprint density at radius 3 is 2.67 bits per heavy atom. The van der Waals surface area contributed by atoms with Crippen LogP contribution in [0, 0.1) is 12.8 Å². The van der Waals surface area contributed by atoms with Gasteiger partial charge >= 0.3 is 0 Å². The molecular formula is C20H30N4O4S2. The second-order valence-electron chi connectivity index (χ2n) is 8.41. The lowest BCUT2D eigenvalue weighted by molar-refractivity contribution is -0.122. The van der Waals surface area contributed by atoms with Crippen molar-refractivity contribution in [2.45, 2.75) is 50.3 Å². The maximum absolute atomic E-state index is 13.2. The number of nitrogens with one attached hydrogen (secondary N) is 1. The number of carbonyl (C=O) groups excluding carboxylic acids is 1. The number of nitrogens with zero attached hydrogens (tertiary/aromatic N) is 3. The van der Waals surface area contributed by atoms with Crippen LogP contribution in [0.25, 0.3) is 0 Å². The SMILES string of the molecule is C=C1CN(S(=O)(=O)C2CC2)CCN1[C@H](CC1CCOCC1)C(=O)Nc1ncc(C)s1. The van der Waals surface area contributed by atoms with Gasteiger partial charge in [-0.2, -0.15) is 4.31 Å². The van der Waals surface area contributed by atoms with Crippen molar-refractivity contribution in [2.24, 2.45) is 5.92 Å². The maximum atomic E-state index is 13.2. The highest BCUT2D eigenvalue weighted by atomic mass is 32.2. The van der Waals surface area contributed by atoms with Crippen molar-refractivity contribution < 1.29 is 17.9 Å². The van der Waals surface area contributed by atoms with Crippen LogP contribution in [0.2, 0.25) is 0 Å². The smallest absolute Gasteiger partial charge is 0.248 e. The molecule has 8 nitrogen and oxygen atoms in total. The van der Waals surface area contributed by atoms with Crippen molar-refractivity contribution in [3.05, 3.63) is 23.3 Å². The van der Waals surface area contributed by atoms with Gasteiger partial charge in [0, 0.05) is 43.1 Å². The van der Waals surface area contributed by atoms with Crippen LogP contribution in [0.4, 0.5) is 5.13 Å². The Morgan fingerprint density at radius 2 is 2.07 bits per heavy atom. The highest BCUT2D eigenvalue weighted by molar-refractivity contribution is 7.90. The summed E-state index contributed by atoms with van der Waals surface area (Å²) in [5.41, 5.74) is 0.688. The monoisotopic (exact) mass is 454 g/mol. The zero-order valence-electron chi connectivity index (χ0n) is 17.4. The lowest BCUT2D eigenvalue weighted by Gasteiger charge is -2.42. The highest BCUT2D eigenvalue weighted by Crippen LogP contribution is 2.33. The quantitative estimate of drug-likeness (QED) is 0.679. The van der Waals surface area contributed by atoms with Crippen molar-refractivity contribution in [2.75, 3.05) is 38.2 Å². The summed E-state index contributed by atoms with van der Waals surface area (Å²) >= 11 is 1.45. The van der Waals surface area contributed by atoms with Crippen LogP contribution in [-0.4, -0.2) is 72.7 Å². The molecule has 1 N–H and O–H groups in total. The highest BCUT2D eigenvalue weighted by Gasteiger charge is 2.43. The van der Waals surface area contributed by atoms with E-state index in [0.717, 1.165) is 43.8 Å². The zero-order valence-corrected chi connectivity index (χ0v) is 19.0. The van der Waals surface area contributed by atoms with Crippen LogP contribution in [0.5, 0.6) is 0 Å². The molecule has 0 unspecified atom stereocenters. The Labute approximate surface area is 182 Å². The number of sulfonamides is 1. The van der Waals surface area contributed by atoms with E-state index >= 15 is 0 Å². The summed E-state index contributed by atoms with van der Waals surface area (Å²) in [6.07, 6.45) is 5.81. The van der Waals surface area contributed by atoms with Crippen LogP contribution >= 0.6 is 11.3 Å². The van der Waals surface area contributed by atoms with E-state index in [1.54, 1.807) is 6.20 Å². The van der Waals surface area contributed by atoms with Crippen molar-refractivity contribution in [3.8, 4) is 0 Å². The molecule has 2 aliphatic heterocycles. The van der Waals surface area contributed by atoms with E-state index in [9.17, 15) is 13.2 Å². The van der Waals surface area contributed by atoms with Gasteiger partial charge in [-0.3, -0.25) is 4.79 Å². The van der Waals surface area contributed by atoms with Gasteiger partial charge in [-0.1, -0.05) is 6.58 Å². The predicted molar refractivity (Wildman–Crippen MR) is 117 cm³/mol. The Bertz CT molecular complexity index is 890. The fraction of sp³-hybridized carbons (Fsp3) is 0.700. The number of hydrogen-bond acceptors (Lipinski definition) is 7. The molecule has 0 spiro atoms. The zero-order chi connectivity index (χ0) is 21.3. The van der Waals surface area contributed by atoms with Crippen LogP contribution in [0.15, 0.2) is 18.5 Å². The standard InChI is InChI=1S/C20H30N4O4S2/c1-14-13-23(30(26,27)17-3-4-17)7-8-24(14)18(11-16-5-9-28-10-6-16)19(25)22-20-21-12-15(2)29-20/h12,16-18H,1,3-11,13H2,2H3,(H,21,22,25)/t18-/m1/s1. The fourth-order valence-corrected chi connectivity index (χ4v) is 6.68. The summed E-state index contributed by atoms with van der Waals surface area (Å²) in [5, 5.41) is 3.32. The molecule has 3 fully saturated rings. The minimum atomic E-state index is -3.24. The van der Waals surface area contributed by atoms with Gasteiger partial charge in [-0.15, -0.1) is 11.3 Å². The topological polar surface area (TPSA) is 91.8 Å². The Balaban J connectivity index is 1.48. The lowest BCUT2D eigenvalue weighted by Crippen LogP contribution is -2.54. The average Bonchev–Trinajstić information content (AvgIpc) is 3.51. The van der Waals surface area contributed by atoms with E-state index in [1.165, 1.54) is 15.6 Å². The fourth-order valence-electron chi connectivity index (χ4n) is 4.20. The van der Waals surface area contributed by atoms with Crippen LogP contribution in [-0.2, 0) is 19.6 Å². The summed E-state index contributed by atoms with van der Waals surface area (Å²) in [5.74, 6) is 0.295. The summed E-state index contributed by atoms with van der Waals surface area (Å²) < 4.78 is 32.3. The number of anilines is 1. The first-order valence-electron chi connectivity index (χ1n) is 10.6. The second kappa shape index (κ2) is 8.94. The van der Waals surface area contributed by atoms with E-state index in [2.05, 4.69) is 16.9 Å². The third kappa shape index (κ3) is 4.87. The van der Waals surface area contributed by atoms with Gasteiger partial charge in [-0.05, 0) is 44.9 Å². The van der Waals surface area contributed by atoms with Gasteiger partial charge < -0.3 is 15.0 Å². The number of hydrogen-bond donors (Lipinski definition) is 1. The van der Waals surface area contributed by atoms with Crippen molar-refractivity contribution >= 4 is 32.4 Å². The van der Waals surface area contributed by atoms with Gasteiger partial charge in [0.05, 0.1) is 11.8 Å². The molecule has 1 saturated carbocycles. The van der Waals surface area contributed by atoms with E-state index in [-0.39, 0.29) is 17.7 Å². The van der Waals surface area contributed by atoms with Crippen LogP contribution in [0.1, 0.15) is 37.0 Å². The minimum absolute atomic E-state index is 0.101. The van der Waals surface area contributed by atoms with E-state index < -0.39 is 16.1 Å². The number of carbonyl (C=O) groups is 1. The Hall–Kier alpha value is -1.49. The van der Waals surface area contributed by atoms with Crippen LogP contribution < -0.4 is 5.32 Å². The number of ether oxygens (including phenoxy) is 1. The number of aromatic nitrogens is 1. The van der Waals surface area contributed by atoms with Crippen molar-refractivity contribution in [3.63, 3.8) is 0 Å². The third-order valence-corrected chi connectivity index (χ3v) is 9.26. The first kappa shape index (κ1) is 21.7. The first-order chi connectivity index (χ1) is 14.3. The number of amides is 1. The van der Waals surface area contributed by atoms with Crippen molar-refractivity contribution in [1.29, 1.82) is 0 Å². The van der Waals surface area contributed by atoms with E-state index in [0.29, 0.717) is 36.3 Å². The van der Waals surface area contributed by atoms with Gasteiger partial charge in [-0.25, -0.2) is 13.4 Å². The lowest BCUT2D eigenvalue weighted by atomic mass is 9.91. The molecule has 10 heteroatoms. The molecule has 3 heterocycles. The number of thiazole rings is 1. The van der Waals surface area contributed by atoms with Crippen molar-refractivity contribution in [1.82, 2.24) is 14.2 Å². The van der Waals surface area contributed by atoms with Gasteiger partial charge in [0.1, 0.15) is 6.04 Å². The molecule has 1 aromatic heterocycles. The van der Waals surface area contributed by atoms with Crippen LogP contribution in [0.3, 0.4) is 0 Å². The average molecular weight is 455 g/mol. The Kier molecular flexibility index (Phi) is 6.47. The molecule has 1 amide bonds. The normalized spacial score (nSPS) is 22.8. The predicted octanol–water partition coefficient (Wildman–Crippen LogP) is 2.20. The molecule has 30 heavy (non-hydrogen) atoms. The minimum Gasteiger partial charge on any atom is -0.381 e. The first-order valence-corrected chi connectivity index (χ1v) is 12.9. The van der Waals surface area contributed by atoms with Gasteiger partial charge in [0.25, 0.3) is 0 Å². The molecule has 4 rings (SSSR count). The van der Waals surface area contributed by atoms with E-state index in [4.69, 9.17) is 4.74 Å². The molecular weight excluding hydrogens is 424 g/mol. The van der Waals surface area contributed by atoms with Gasteiger partial charge in [0.2, 0.25) is 15.9 Å². The van der Waals surface area contributed by atoms with Gasteiger partial charge in [0.15, 0.2) is 5.13 Å². The summed E-state index contributed by atoms with van der Waals surface area (Å²) in [4.78, 5) is 20.5. The summed E-state index contributed by atoms with van der Waals surface area (Å²) in [6.45, 7) is 8.67.